The van der Waals surface area contributed by atoms with E-state index in [1.165, 1.54) is 6.07 Å². The lowest BCUT2D eigenvalue weighted by atomic mass is 10.0. The van der Waals surface area contributed by atoms with Gasteiger partial charge in [0.15, 0.2) is 5.11 Å². The van der Waals surface area contributed by atoms with Gasteiger partial charge in [0.25, 0.3) is 0 Å². The Labute approximate surface area is 199 Å². The molecule has 4 aromatic rings. The maximum atomic E-state index is 14.7. The highest BCUT2D eigenvalue weighted by atomic mass is 79.9. The molecular weight excluding hydrogens is 487 g/mol. The van der Waals surface area contributed by atoms with E-state index in [0.29, 0.717) is 10.8 Å². The third kappa shape index (κ3) is 3.61. The van der Waals surface area contributed by atoms with Crippen LogP contribution in [0, 0.1) is 12.7 Å². The second kappa shape index (κ2) is 8.48. The van der Waals surface area contributed by atoms with E-state index in [0.717, 1.165) is 27.1 Å². The highest BCUT2D eigenvalue weighted by Crippen LogP contribution is 2.43. The minimum Gasteiger partial charge on any atom is -0.351 e. The Bertz CT molecular complexity index is 1290. The molecule has 32 heavy (non-hydrogen) atoms. The molecule has 4 nitrogen and oxygen atoms in total. The number of rotatable bonds is 4. The second-order valence-corrected chi connectivity index (χ2v) is 8.93. The van der Waals surface area contributed by atoms with Crippen LogP contribution in [0.5, 0.6) is 0 Å². The summed E-state index contributed by atoms with van der Waals surface area (Å²) >= 11 is 9.39. The summed E-state index contributed by atoms with van der Waals surface area (Å²) in [5.74, 6) is -0.279. The van der Waals surface area contributed by atoms with Gasteiger partial charge in [0, 0.05) is 28.2 Å². The van der Waals surface area contributed by atoms with Crippen molar-refractivity contribution >= 4 is 38.9 Å². The SMILES string of the molecule is Cc1cc(N2C(=S)N[C@H](c3ccccn3)[C@@H]2c2cccn2-c2ccccc2F)ccc1Br. The van der Waals surface area contributed by atoms with Gasteiger partial charge in [-0.1, -0.05) is 34.1 Å². The smallest absolute Gasteiger partial charge is 0.174 e. The van der Waals surface area contributed by atoms with Crippen molar-refractivity contribution in [2.24, 2.45) is 0 Å². The quantitative estimate of drug-likeness (QED) is 0.331. The zero-order valence-electron chi connectivity index (χ0n) is 17.2. The van der Waals surface area contributed by atoms with E-state index in [1.807, 2.05) is 66.2 Å². The largest absolute Gasteiger partial charge is 0.351 e. The Kier molecular flexibility index (Phi) is 5.53. The van der Waals surface area contributed by atoms with Crippen molar-refractivity contribution in [1.82, 2.24) is 14.9 Å². The molecule has 1 aliphatic heterocycles. The maximum absolute atomic E-state index is 14.7. The number of anilines is 1. The zero-order valence-corrected chi connectivity index (χ0v) is 19.6. The van der Waals surface area contributed by atoms with Gasteiger partial charge in [-0.05, 0) is 79.3 Å². The number of nitrogens with one attached hydrogen (secondary N) is 1. The molecule has 1 fully saturated rings. The van der Waals surface area contributed by atoms with Gasteiger partial charge in [-0.2, -0.15) is 0 Å². The average Bonchev–Trinajstić information content (AvgIpc) is 3.41. The van der Waals surface area contributed by atoms with Crippen LogP contribution in [0.4, 0.5) is 10.1 Å². The molecule has 0 spiro atoms. The first-order valence-corrected chi connectivity index (χ1v) is 11.4. The molecule has 0 aliphatic carbocycles. The number of hydrogen-bond acceptors (Lipinski definition) is 2. The highest BCUT2D eigenvalue weighted by Gasteiger charge is 2.42. The van der Waals surface area contributed by atoms with E-state index in [1.54, 1.807) is 18.3 Å². The normalized spacial score (nSPS) is 18.1. The molecule has 0 bridgehead atoms. The average molecular weight is 507 g/mol. The third-order valence-electron chi connectivity index (χ3n) is 5.71. The van der Waals surface area contributed by atoms with Crippen molar-refractivity contribution in [3.8, 4) is 5.69 Å². The van der Waals surface area contributed by atoms with Crippen LogP contribution in [0.2, 0.25) is 0 Å². The molecule has 2 atom stereocenters. The summed E-state index contributed by atoms with van der Waals surface area (Å²) in [5, 5.41) is 4.07. The molecule has 0 saturated carbocycles. The topological polar surface area (TPSA) is 33.1 Å². The molecular formula is C25H20BrFN4S. The number of hydrogen-bond donors (Lipinski definition) is 1. The molecule has 1 aliphatic rings. The lowest BCUT2D eigenvalue weighted by molar-refractivity contribution is 0.544. The van der Waals surface area contributed by atoms with E-state index >= 15 is 0 Å². The summed E-state index contributed by atoms with van der Waals surface area (Å²) in [7, 11) is 0. The Balaban J connectivity index is 1.69. The molecule has 2 aromatic heterocycles. The molecule has 5 rings (SSSR count). The number of benzene rings is 2. The molecule has 0 unspecified atom stereocenters. The van der Waals surface area contributed by atoms with E-state index in [-0.39, 0.29) is 17.9 Å². The van der Waals surface area contributed by atoms with Crippen LogP contribution in [-0.2, 0) is 0 Å². The van der Waals surface area contributed by atoms with Gasteiger partial charge in [0.2, 0.25) is 0 Å². The maximum Gasteiger partial charge on any atom is 0.174 e. The van der Waals surface area contributed by atoms with Gasteiger partial charge < -0.3 is 14.8 Å². The van der Waals surface area contributed by atoms with Gasteiger partial charge in [-0.15, -0.1) is 0 Å². The number of aromatic nitrogens is 2. The molecule has 7 heteroatoms. The van der Waals surface area contributed by atoms with Crippen LogP contribution in [0.1, 0.15) is 29.0 Å². The number of para-hydroxylation sites is 1. The molecule has 160 valence electrons. The number of thiocarbonyl (C=S) groups is 1. The van der Waals surface area contributed by atoms with Crippen LogP contribution < -0.4 is 10.2 Å². The van der Waals surface area contributed by atoms with Crippen LogP contribution >= 0.6 is 28.1 Å². The molecule has 1 N–H and O–H groups in total. The van der Waals surface area contributed by atoms with Crippen molar-refractivity contribution in [2.75, 3.05) is 4.90 Å². The van der Waals surface area contributed by atoms with Gasteiger partial charge in [-0.3, -0.25) is 4.98 Å². The second-order valence-electron chi connectivity index (χ2n) is 7.68. The highest BCUT2D eigenvalue weighted by molar-refractivity contribution is 9.10. The molecule has 0 radical (unpaired) electrons. The summed E-state index contributed by atoms with van der Waals surface area (Å²) in [6.07, 6.45) is 3.66. The van der Waals surface area contributed by atoms with Crippen molar-refractivity contribution < 1.29 is 4.39 Å². The summed E-state index contributed by atoms with van der Waals surface area (Å²) in [4.78, 5) is 6.69. The summed E-state index contributed by atoms with van der Waals surface area (Å²) in [6, 6.07) is 22.3. The van der Waals surface area contributed by atoms with Crippen LogP contribution in [-0.4, -0.2) is 14.7 Å². The Morgan fingerprint density at radius 1 is 1.03 bits per heavy atom. The van der Waals surface area contributed by atoms with Gasteiger partial charge in [-0.25, -0.2) is 4.39 Å². The molecule has 2 aromatic carbocycles. The van der Waals surface area contributed by atoms with Gasteiger partial charge in [0.1, 0.15) is 11.9 Å². The third-order valence-corrected chi connectivity index (χ3v) is 6.92. The number of pyridine rings is 1. The van der Waals surface area contributed by atoms with E-state index in [9.17, 15) is 4.39 Å². The standard InChI is InChI=1S/C25H20BrFN4S/c1-16-15-17(11-12-18(16)26)31-24(23(29-25(31)32)20-8-4-5-13-28-20)22-10-6-14-30(22)21-9-3-2-7-19(21)27/h2-15,23-24H,1H3,(H,29,32)/t23-,24+/m1/s1. The van der Waals surface area contributed by atoms with E-state index in [2.05, 4.69) is 37.2 Å². The fourth-order valence-electron chi connectivity index (χ4n) is 4.21. The van der Waals surface area contributed by atoms with Crippen LogP contribution in [0.15, 0.2) is 89.7 Å². The Hall–Kier alpha value is -3.03. The van der Waals surface area contributed by atoms with Crippen molar-refractivity contribution in [1.29, 1.82) is 0 Å². The van der Waals surface area contributed by atoms with Crippen LogP contribution in [0.25, 0.3) is 5.69 Å². The predicted octanol–water partition coefficient (Wildman–Crippen LogP) is 6.26. The number of halogens is 2. The lowest BCUT2D eigenvalue weighted by Gasteiger charge is -2.29. The Morgan fingerprint density at radius 2 is 1.84 bits per heavy atom. The monoisotopic (exact) mass is 506 g/mol. The first-order chi connectivity index (χ1) is 15.5. The fraction of sp³-hybridized carbons (Fsp3) is 0.120. The number of nitrogens with zero attached hydrogens (tertiary/aromatic N) is 3. The molecule has 0 amide bonds. The van der Waals surface area contributed by atoms with E-state index < -0.39 is 0 Å². The number of aryl methyl sites for hydroxylation is 1. The van der Waals surface area contributed by atoms with Gasteiger partial charge in [0.05, 0.1) is 17.4 Å². The van der Waals surface area contributed by atoms with Crippen molar-refractivity contribution in [3.05, 3.63) is 112 Å². The summed E-state index contributed by atoms with van der Waals surface area (Å²) in [6.45, 7) is 2.05. The fourth-order valence-corrected chi connectivity index (χ4v) is 4.81. The molecule has 3 heterocycles. The van der Waals surface area contributed by atoms with Crippen molar-refractivity contribution in [2.45, 2.75) is 19.0 Å². The predicted molar refractivity (Wildman–Crippen MR) is 133 cm³/mol. The first-order valence-electron chi connectivity index (χ1n) is 10.2. The first kappa shape index (κ1) is 20.8. The summed E-state index contributed by atoms with van der Waals surface area (Å²) in [5.41, 5.74) is 4.36. The van der Waals surface area contributed by atoms with Crippen LogP contribution in [0.3, 0.4) is 0 Å². The Morgan fingerprint density at radius 3 is 2.59 bits per heavy atom. The van der Waals surface area contributed by atoms with E-state index in [4.69, 9.17) is 12.2 Å². The minimum absolute atomic E-state index is 0.201. The summed E-state index contributed by atoms with van der Waals surface area (Å²) < 4.78 is 17.7. The minimum atomic E-state index is -0.279. The van der Waals surface area contributed by atoms with Gasteiger partial charge >= 0.3 is 0 Å². The molecule has 1 saturated heterocycles. The van der Waals surface area contributed by atoms with Crippen molar-refractivity contribution in [3.63, 3.8) is 0 Å². The zero-order chi connectivity index (χ0) is 22.2. The lowest BCUT2D eigenvalue weighted by Crippen LogP contribution is -2.30.